The van der Waals surface area contributed by atoms with Gasteiger partial charge in [0.25, 0.3) is 0 Å². The first-order valence-electron chi connectivity index (χ1n) is 9.94. The number of likely N-dealkylation sites (tertiary alicyclic amines) is 1. The smallest absolute Gasteiger partial charge is 0.413 e. The standard InChI is InChI=1S/C20H34N4O4/c1-8-14-13-16(21-17(25)27-19(2,3)4)22-24(14)15-9-11-23(12-10-15)18(26)28-20(5,6)7/h13,15H,8-12H2,1-7H3,(H,21,22,25). The molecule has 1 aromatic rings. The topological polar surface area (TPSA) is 85.7 Å². The summed E-state index contributed by atoms with van der Waals surface area (Å²) in [7, 11) is 0. The van der Waals surface area contributed by atoms with Crippen LogP contribution in [0.4, 0.5) is 15.4 Å². The Morgan fingerprint density at radius 2 is 1.68 bits per heavy atom. The molecule has 8 nitrogen and oxygen atoms in total. The van der Waals surface area contributed by atoms with Crippen molar-refractivity contribution < 1.29 is 19.1 Å². The van der Waals surface area contributed by atoms with E-state index >= 15 is 0 Å². The Bertz CT molecular complexity index is 692. The van der Waals surface area contributed by atoms with Crippen LogP contribution in [0.3, 0.4) is 0 Å². The van der Waals surface area contributed by atoms with Crippen LogP contribution in [0.15, 0.2) is 6.07 Å². The number of anilines is 1. The van der Waals surface area contributed by atoms with Crippen molar-refractivity contribution >= 4 is 18.0 Å². The number of hydrogen-bond donors (Lipinski definition) is 1. The molecule has 0 bridgehead atoms. The molecular formula is C20H34N4O4. The van der Waals surface area contributed by atoms with E-state index in [1.165, 1.54) is 0 Å². The lowest BCUT2D eigenvalue weighted by Gasteiger charge is -2.34. The minimum absolute atomic E-state index is 0.183. The van der Waals surface area contributed by atoms with Gasteiger partial charge in [-0.15, -0.1) is 0 Å². The second-order valence-electron chi connectivity index (χ2n) is 9.14. The number of nitrogens with zero attached hydrogens (tertiary/aromatic N) is 3. The molecule has 1 N–H and O–H groups in total. The number of piperidine rings is 1. The summed E-state index contributed by atoms with van der Waals surface area (Å²) in [6.45, 7) is 14.4. The lowest BCUT2D eigenvalue weighted by Crippen LogP contribution is -2.42. The Hall–Kier alpha value is -2.25. The van der Waals surface area contributed by atoms with Crippen molar-refractivity contribution in [3.63, 3.8) is 0 Å². The first-order chi connectivity index (χ1) is 12.9. The molecule has 2 heterocycles. The normalized spacial score (nSPS) is 16.0. The molecule has 0 spiro atoms. The molecule has 1 aliphatic heterocycles. The predicted octanol–water partition coefficient (Wildman–Crippen LogP) is 4.36. The number of amides is 2. The lowest BCUT2D eigenvalue weighted by molar-refractivity contribution is 0.0183. The Morgan fingerprint density at radius 3 is 2.18 bits per heavy atom. The van der Waals surface area contributed by atoms with E-state index in [1.54, 1.807) is 4.90 Å². The first kappa shape index (κ1) is 22.0. The third-order valence-corrected chi connectivity index (χ3v) is 4.27. The molecular weight excluding hydrogens is 360 g/mol. The van der Waals surface area contributed by atoms with Gasteiger partial charge in [0.15, 0.2) is 5.82 Å². The summed E-state index contributed by atoms with van der Waals surface area (Å²) in [5, 5.41) is 7.28. The van der Waals surface area contributed by atoms with Crippen LogP contribution in [0.2, 0.25) is 0 Å². The van der Waals surface area contributed by atoms with Gasteiger partial charge >= 0.3 is 12.2 Å². The second-order valence-corrected chi connectivity index (χ2v) is 9.14. The van der Waals surface area contributed by atoms with Gasteiger partial charge < -0.3 is 14.4 Å². The van der Waals surface area contributed by atoms with Gasteiger partial charge in [-0.05, 0) is 60.8 Å². The van der Waals surface area contributed by atoms with Crippen molar-refractivity contribution in [3.05, 3.63) is 11.8 Å². The number of hydrogen-bond acceptors (Lipinski definition) is 5. The average Bonchev–Trinajstić information content (AvgIpc) is 2.94. The fourth-order valence-corrected chi connectivity index (χ4v) is 3.10. The number of aromatic nitrogens is 2. The number of rotatable bonds is 3. The maximum absolute atomic E-state index is 12.2. The quantitative estimate of drug-likeness (QED) is 0.823. The van der Waals surface area contributed by atoms with E-state index in [-0.39, 0.29) is 12.1 Å². The number of carbonyl (C=O) groups excluding carboxylic acids is 2. The zero-order valence-electron chi connectivity index (χ0n) is 18.2. The SMILES string of the molecule is CCc1cc(NC(=O)OC(C)(C)C)nn1C1CCN(C(=O)OC(C)(C)C)CC1. The monoisotopic (exact) mass is 394 g/mol. The second kappa shape index (κ2) is 8.41. The van der Waals surface area contributed by atoms with Crippen LogP contribution in [0.1, 0.15) is 73.0 Å². The van der Waals surface area contributed by atoms with E-state index in [2.05, 4.69) is 17.3 Å². The molecule has 158 valence electrons. The highest BCUT2D eigenvalue weighted by Crippen LogP contribution is 2.26. The van der Waals surface area contributed by atoms with Crippen LogP contribution in [-0.2, 0) is 15.9 Å². The number of nitrogens with one attached hydrogen (secondary N) is 1. The van der Waals surface area contributed by atoms with Crippen LogP contribution in [-0.4, -0.2) is 51.2 Å². The summed E-state index contributed by atoms with van der Waals surface area (Å²) in [6.07, 6.45) is 1.60. The fraction of sp³-hybridized carbons (Fsp3) is 0.750. The fourth-order valence-electron chi connectivity index (χ4n) is 3.10. The third kappa shape index (κ3) is 6.42. The van der Waals surface area contributed by atoms with Crippen molar-refractivity contribution in [2.45, 2.75) is 85.0 Å². The molecule has 1 aromatic heterocycles. The average molecular weight is 395 g/mol. The molecule has 1 fully saturated rings. The van der Waals surface area contributed by atoms with Crippen LogP contribution < -0.4 is 5.32 Å². The molecule has 0 radical (unpaired) electrons. The summed E-state index contributed by atoms with van der Waals surface area (Å²) >= 11 is 0. The van der Waals surface area contributed by atoms with Gasteiger partial charge in [0.05, 0.1) is 6.04 Å². The highest BCUT2D eigenvalue weighted by molar-refractivity contribution is 5.83. The van der Waals surface area contributed by atoms with Gasteiger partial charge in [-0.3, -0.25) is 10.00 Å². The Kier molecular flexibility index (Phi) is 6.62. The van der Waals surface area contributed by atoms with E-state index in [0.717, 1.165) is 25.0 Å². The number of carbonyl (C=O) groups is 2. The summed E-state index contributed by atoms with van der Waals surface area (Å²) in [5.74, 6) is 0.487. The molecule has 1 aliphatic rings. The minimum Gasteiger partial charge on any atom is -0.444 e. The van der Waals surface area contributed by atoms with Crippen molar-refractivity contribution in [2.24, 2.45) is 0 Å². The molecule has 0 aromatic carbocycles. The lowest BCUT2D eigenvalue weighted by atomic mass is 10.1. The number of ether oxygens (including phenoxy) is 2. The van der Waals surface area contributed by atoms with Crippen LogP contribution >= 0.6 is 0 Å². The Morgan fingerprint density at radius 1 is 1.11 bits per heavy atom. The molecule has 0 atom stereocenters. The van der Waals surface area contributed by atoms with Gasteiger partial charge in [-0.25, -0.2) is 9.59 Å². The maximum Gasteiger partial charge on any atom is 0.413 e. The van der Waals surface area contributed by atoms with Crippen LogP contribution in [0.25, 0.3) is 0 Å². The zero-order valence-corrected chi connectivity index (χ0v) is 18.2. The molecule has 0 unspecified atom stereocenters. The maximum atomic E-state index is 12.2. The predicted molar refractivity (Wildman–Crippen MR) is 108 cm³/mol. The van der Waals surface area contributed by atoms with E-state index in [4.69, 9.17) is 9.47 Å². The summed E-state index contributed by atoms with van der Waals surface area (Å²) < 4.78 is 12.7. The van der Waals surface area contributed by atoms with Gasteiger partial charge in [-0.1, -0.05) is 6.92 Å². The van der Waals surface area contributed by atoms with Gasteiger partial charge in [0.1, 0.15) is 11.2 Å². The van der Waals surface area contributed by atoms with Gasteiger partial charge in [0.2, 0.25) is 0 Å². The van der Waals surface area contributed by atoms with E-state index in [0.29, 0.717) is 18.9 Å². The Balaban J connectivity index is 2.00. The van der Waals surface area contributed by atoms with E-state index in [1.807, 2.05) is 52.3 Å². The number of aryl methyl sites for hydroxylation is 1. The Labute approximate surface area is 167 Å². The minimum atomic E-state index is -0.561. The van der Waals surface area contributed by atoms with Crippen molar-refractivity contribution in [1.29, 1.82) is 0 Å². The van der Waals surface area contributed by atoms with E-state index in [9.17, 15) is 9.59 Å². The van der Waals surface area contributed by atoms with Crippen LogP contribution in [0.5, 0.6) is 0 Å². The molecule has 0 saturated carbocycles. The van der Waals surface area contributed by atoms with E-state index < -0.39 is 17.3 Å². The highest BCUT2D eigenvalue weighted by Gasteiger charge is 2.29. The molecule has 2 rings (SSSR count). The molecule has 2 amide bonds. The zero-order chi connectivity index (χ0) is 21.1. The van der Waals surface area contributed by atoms with Crippen molar-refractivity contribution in [1.82, 2.24) is 14.7 Å². The summed E-state index contributed by atoms with van der Waals surface area (Å²) in [5.41, 5.74) is -0.0100. The van der Waals surface area contributed by atoms with Gasteiger partial charge in [0, 0.05) is 24.8 Å². The summed E-state index contributed by atoms with van der Waals surface area (Å²) in [4.78, 5) is 26.0. The van der Waals surface area contributed by atoms with Crippen molar-refractivity contribution in [3.8, 4) is 0 Å². The molecule has 0 aliphatic carbocycles. The molecule has 8 heteroatoms. The molecule has 1 saturated heterocycles. The van der Waals surface area contributed by atoms with Crippen molar-refractivity contribution in [2.75, 3.05) is 18.4 Å². The van der Waals surface area contributed by atoms with Gasteiger partial charge in [-0.2, -0.15) is 5.10 Å². The first-order valence-corrected chi connectivity index (χ1v) is 9.94. The third-order valence-electron chi connectivity index (χ3n) is 4.27. The largest absolute Gasteiger partial charge is 0.444 e. The molecule has 28 heavy (non-hydrogen) atoms. The summed E-state index contributed by atoms with van der Waals surface area (Å²) in [6, 6.07) is 2.06. The highest BCUT2D eigenvalue weighted by atomic mass is 16.6. The van der Waals surface area contributed by atoms with Crippen LogP contribution in [0, 0.1) is 0 Å².